The van der Waals surface area contributed by atoms with Crippen LogP contribution in [0.25, 0.3) is 0 Å². The number of hydrogen-bond acceptors (Lipinski definition) is 4. The van der Waals surface area contributed by atoms with Gasteiger partial charge >= 0.3 is 5.97 Å². The van der Waals surface area contributed by atoms with Crippen LogP contribution >= 0.6 is 0 Å². The molecule has 26 heavy (non-hydrogen) atoms. The van der Waals surface area contributed by atoms with Crippen molar-refractivity contribution in [2.75, 3.05) is 26.2 Å². The van der Waals surface area contributed by atoms with E-state index >= 15 is 0 Å². The van der Waals surface area contributed by atoms with Gasteiger partial charge in [0.05, 0.1) is 13.0 Å². The minimum absolute atomic E-state index is 0.130. The van der Waals surface area contributed by atoms with Gasteiger partial charge in [0.1, 0.15) is 0 Å². The van der Waals surface area contributed by atoms with Gasteiger partial charge in [0.15, 0.2) is 0 Å². The van der Waals surface area contributed by atoms with Gasteiger partial charge in [0, 0.05) is 26.2 Å². The van der Waals surface area contributed by atoms with E-state index in [0.717, 1.165) is 32.6 Å². The third-order valence-corrected chi connectivity index (χ3v) is 4.14. The SMILES string of the molecule is CCOC(=O)CCNCCCN(Cc1ccccc1)Cc1ccccc1. The monoisotopic (exact) mass is 354 g/mol. The lowest BCUT2D eigenvalue weighted by molar-refractivity contribution is -0.142. The number of carbonyl (C=O) groups excluding carboxylic acids is 1. The van der Waals surface area contributed by atoms with Crippen LogP contribution in [0.1, 0.15) is 30.9 Å². The number of benzene rings is 2. The summed E-state index contributed by atoms with van der Waals surface area (Å²) in [6.45, 7) is 6.76. The van der Waals surface area contributed by atoms with Crippen molar-refractivity contribution in [3.05, 3.63) is 71.8 Å². The van der Waals surface area contributed by atoms with Crippen molar-refractivity contribution in [3.63, 3.8) is 0 Å². The fourth-order valence-corrected chi connectivity index (χ4v) is 2.87. The summed E-state index contributed by atoms with van der Waals surface area (Å²) in [7, 11) is 0. The Morgan fingerprint density at radius 3 is 2.04 bits per heavy atom. The number of carbonyl (C=O) groups is 1. The summed E-state index contributed by atoms with van der Waals surface area (Å²) < 4.78 is 4.93. The lowest BCUT2D eigenvalue weighted by atomic mass is 10.1. The summed E-state index contributed by atoms with van der Waals surface area (Å²) in [5.41, 5.74) is 2.66. The van der Waals surface area contributed by atoms with Crippen molar-refractivity contribution >= 4 is 5.97 Å². The molecule has 1 N–H and O–H groups in total. The second kappa shape index (κ2) is 12.2. The maximum absolute atomic E-state index is 11.3. The van der Waals surface area contributed by atoms with Crippen LogP contribution in [0.5, 0.6) is 0 Å². The molecule has 0 aliphatic heterocycles. The molecule has 0 fully saturated rings. The number of rotatable bonds is 12. The van der Waals surface area contributed by atoms with E-state index in [1.165, 1.54) is 11.1 Å². The first-order chi connectivity index (χ1) is 12.8. The number of nitrogens with one attached hydrogen (secondary N) is 1. The minimum Gasteiger partial charge on any atom is -0.466 e. The fraction of sp³-hybridized carbons (Fsp3) is 0.409. The minimum atomic E-state index is -0.130. The van der Waals surface area contributed by atoms with Crippen LogP contribution in [0.3, 0.4) is 0 Å². The van der Waals surface area contributed by atoms with Gasteiger partial charge in [0.25, 0.3) is 0 Å². The molecule has 0 saturated carbocycles. The highest BCUT2D eigenvalue weighted by molar-refractivity contribution is 5.69. The predicted molar refractivity (Wildman–Crippen MR) is 106 cm³/mol. The second-order valence-electron chi connectivity index (χ2n) is 6.34. The molecule has 0 aromatic heterocycles. The van der Waals surface area contributed by atoms with Gasteiger partial charge in [0.2, 0.25) is 0 Å². The molecule has 0 atom stereocenters. The summed E-state index contributed by atoms with van der Waals surface area (Å²) in [5, 5.41) is 3.33. The molecule has 0 heterocycles. The highest BCUT2D eigenvalue weighted by Gasteiger charge is 2.07. The first kappa shape index (κ1) is 20.1. The molecule has 0 saturated heterocycles. The zero-order chi connectivity index (χ0) is 18.5. The Labute approximate surface area is 157 Å². The molecular weight excluding hydrogens is 324 g/mol. The maximum Gasteiger partial charge on any atom is 0.307 e. The Balaban J connectivity index is 1.75. The van der Waals surface area contributed by atoms with E-state index in [1.807, 2.05) is 6.92 Å². The Bertz CT molecular complexity index is 575. The van der Waals surface area contributed by atoms with Crippen molar-refractivity contribution in [2.24, 2.45) is 0 Å². The van der Waals surface area contributed by atoms with Crippen LogP contribution in [0.15, 0.2) is 60.7 Å². The topological polar surface area (TPSA) is 41.6 Å². The zero-order valence-electron chi connectivity index (χ0n) is 15.7. The summed E-state index contributed by atoms with van der Waals surface area (Å²) in [6.07, 6.45) is 1.48. The summed E-state index contributed by atoms with van der Waals surface area (Å²) in [4.78, 5) is 13.8. The molecule has 0 radical (unpaired) electrons. The lowest BCUT2D eigenvalue weighted by Gasteiger charge is -2.23. The van der Waals surface area contributed by atoms with E-state index in [0.29, 0.717) is 19.6 Å². The molecule has 2 aromatic carbocycles. The Hall–Kier alpha value is -2.17. The molecule has 0 spiro atoms. The maximum atomic E-state index is 11.3. The normalized spacial score (nSPS) is 10.8. The van der Waals surface area contributed by atoms with E-state index in [9.17, 15) is 4.79 Å². The molecule has 2 aromatic rings. The molecule has 140 valence electrons. The molecule has 0 aliphatic carbocycles. The van der Waals surface area contributed by atoms with Crippen molar-refractivity contribution in [3.8, 4) is 0 Å². The third-order valence-electron chi connectivity index (χ3n) is 4.14. The van der Waals surface area contributed by atoms with Crippen LogP contribution in [-0.4, -0.2) is 37.1 Å². The first-order valence-corrected chi connectivity index (χ1v) is 9.44. The highest BCUT2D eigenvalue weighted by atomic mass is 16.5. The second-order valence-corrected chi connectivity index (χ2v) is 6.34. The Morgan fingerprint density at radius 1 is 0.923 bits per heavy atom. The van der Waals surface area contributed by atoms with Crippen LogP contribution in [0.2, 0.25) is 0 Å². The lowest BCUT2D eigenvalue weighted by Crippen LogP contribution is -2.28. The quantitative estimate of drug-likeness (QED) is 0.467. The molecule has 0 aliphatic rings. The van der Waals surface area contributed by atoms with Gasteiger partial charge in [-0.2, -0.15) is 0 Å². The standard InChI is InChI=1S/C22H30N2O2/c1-2-26-22(25)14-16-23-15-9-17-24(18-20-10-5-3-6-11-20)19-21-12-7-4-8-13-21/h3-8,10-13,23H,2,9,14-19H2,1H3. The molecular formula is C22H30N2O2. The van der Waals surface area contributed by atoms with Gasteiger partial charge in [-0.15, -0.1) is 0 Å². The van der Waals surface area contributed by atoms with Gasteiger partial charge in [-0.3, -0.25) is 9.69 Å². The van der Waals surface area contributed by atoms with E-state index in [-0.39, 0.29) is 5.97 Å². The Kier molecular flexibility index (Phi) is 9.47. The zero-order valence-corrected chi connectivity index (χ0v) is 15.7. The van der Waals surface area contributed by atoms with E-state index in [4.69, 9.17) is 4.74 Å². The molecule has 2 rings (SSSR count). The third kappa shape index (κ3) is 8.28. The largest absolute Gasteiger partial charge is 0.466 e. The van der Waals surface area contributed by atoms with Crippen LogP contribution in [0.4, 0.5) is 0 Å². The summed E-state index contributed by atoms with van der Waals surface area (Å²) >= 11 is 0. The summed E-state index contributed by atoms with van der Waals surface area (Å²) in [5.74, 6) is -0.130. The van der Waals surface area contributed by atoms with E-state index in [1.54, 1.807) is 0 Å². The van der Waals surface area contributed by atoms with Crippen LogP contribution in [0, 0.1) is 0 Å². The number of hydrogen-bond donors (Lipinski definition) is 1. The average Bonchev–Trinajstić information content (AvgIpc) is 2.66. The van der Waals surface area contributed by atoms with Crippen molar-refractivity contribution in [2.45, 2.75) is 32.9 Å². The smallest absolute Gasteiger partial charge is 0.307 e. The number of nitrogens with zero attached hydrogens (tertiary/aromatic N) is 1. The predicted octanol–water partition coefficient (Wildman–Crippen LogP) is 3.62. The van der Waals surface area contributed by atoms with Gasteiger partial charge in [-0.05, 0) is 31.0 Å². The van der Waals surface area contributed by atoms with Crippen molar-refractivity contribution < 1.29 is 9.53 Å². The molecule has 0 amide bonds. The summed E-state index contributed by atoms with van der Waals surface area (Å²) in [6, 6.07) is 21.2. The molecule has 0 bridgehead atoms. The molecule has 4 nitrogen and oxygen atoms in total. The van der Waals surface area contributed by atoms with Crippen LogP contribution in [-0.2, 0) is 22.6 Å². The first-order valence-electron chi connectivity index (χ1n) is 9.44. The Morgan fingerprint density at radius 2 is 1.50 bits per heavy atom. The fourth-order valence-electron chi connectivity index (χ4n) is 2.87. The van der Waals surface area contributed by atoms with E-state index in [2.05, 4.69) is 70.9 Å². The molecule has 0 unspecified atom stereocenters. The van der Waals surface area contributed by atoms with Gasteiger partial charge in [-0.25, -0.2) is 0 Å². The molecule has 4 heteroatoms. The average molecular weight is 354 g/mol. The highest BCUT2D eigenvalue weighted by Crippen LogP contribution is 2.10. The van der Waals surface area contributed by atoms with Gasteiger partial charge < -0.3 is 10.1 Å². The van der Waals surface area contributed by atoms with Crippen LogP contribution < -0.4 is 5.32 Å². The number of ether oxygens (including phenoxy) is 1. The van der Waals surface area contributed by atoms with Crippen molar-refractivity contribution in [1.29, 1.82) is 0 Å². The van der Waals surface area contributed by atoms with Crippen molar-refractivity contribution in [1.82, 2.24) is 10.2 Å². The number of esters is 1. The van der Waals surface area contributed by atoms with E-state index < -0.39 is 0 Å². The van der Waals surface area contributed by atoms with Gasteiger partial charge in [-0.1, -0.05) is 60.7 Å².